The van der Waals surface area contributed by atoms with Gasteiger partial charge in [-0.15, -0.1) is 0 Å². The van der Waals surface area contributed by atoms with Crippen LogP contribution in [0, 0.1) is 6.92 Å². The number of rotatable bonds is 5. The molecule has 2 aromatic heterocycles. The first-order chi connectivity index (χ1) is 9.15. The molecule has 6 heteroatoms. The number of nitrogens with two attached hydrogens (primary N) is 1. The van der Waals surface area contributed by atoms with Crippen LogP contribution in [-0.4, -0.2) is 26.5 Å². The second-order valence-electron chi connectivity index (χ2n) is 3.96. The monoisotopic (exact) mass is 274 g/mol. The van der Waals surface area contributed by atoms with Crippen molar-refractivity contribution in [3.63, 3.8) is 0 Å². The van der Waals surface area contributed by atoms with E-state index in [9.17, 15) is 0 Å². The molecule has 0 atom stereocenters. The van der Waals surface area contributed by atoms with E-state index in [0.717, 1.165) is 11.4 Å². The van der Waals surface area contributed by atoms with E-state index in [0.29, 0.717) is 24.7 Å². The van der Waals surface area contributed by atoms with Crippen LogP contribution in [0.15, 0.2) is 30.5 Å². The number of hydrogen-bond donors (Lipinski definition) is 1. The minimum Gasteiger partial charge on any atom is -0.463 e. The van der Waals surface area contributed by atoms with Crippen molar-refractivity contribution in [2.24, 2.45) is 5.73 Å². The topological polar surface area (TPSA) is 73.9 Å². The van der Waals surface area contributed by atoms with Gasteiger partial charge in [0.2, 0.25) is 0 Å². The van der Waals surface area contributed by atoms with E-state index in [1.165, 1.54) is 0 Å². The van der Waals surface area contributed by atoms with Gasteiger partial charge >= 0.3 is 6.01 Å². The molecule has 0 amide bonds. The van der Waals surface area contributed by atoms with E-state index in [4.69, 9.17) is 22.7 Å². The molecule has 0 unspecified atom stereocenters. The van der Waals surface area contributed by atoms with Crippen molar-refractivity contribution in [1.29, 1.82) is 0 Å². The molecule has 0 bridgehead atoms. The number of aromatic nitrogens is 3. The molecule has 0 radical (unpaired) electrons. The SMILES string of the molecule is Cc1cc(C(N)=S)nc(OCCc2ccccn2)n1. The Kier molecular flexibility index (Phi) is 4.35. The lowest BCUT2D eigenvalue weighted by molar-refractivity contribution is 0.294. The fraction of sp³-hybridized carbons (Fsp3) is 0.231. The largest absolute Gasteiger partial charge is 0.463 e. The zero-order chi connectivity index (χ0) is 13.7. The summed E-state index contributed by atoms with van der Waals surface area (Å²) in [4.78, 5) is 12.8. The van der Waals surface area contributed by atoms with Crippen molar-refractivity contribution in [2.45, 2.75) is 13.3 Å². The van der Waals surface area contributed by atoms with Crippen LogP contribution in [0.5, 0.6) is 6.01 Å². The second kappa shape index (κ2) is 6.19. The third-order valence-corrected chi connectivity index (χ3v) is 2.61. The molecule has 2 aromatic rings. The Morgan fingerprint density at radius 3 is 2.89 bits per heavy atom. The Bertz CT molecular complexity index is 574. The molecule has 98 valence electrons. The lowest BCUT2D eigenvalue weighted by Crippen LogP contribution is -2.14. The van der Waals surface area contributed by atoms with Gasteiger partial charge in [0.1, 0.15) is 10.7 Å². The number of pyridine rings is 1. The van der Waals surface area contributed by atoms with Crippen molar-refractivity contribution in [1.82, 2.24) is 15.0 Å². The average molecular weight is 274 g/mol. The summed E-state index contributed by atoms with van der Waals surface area (Å²) in [5.74, 6) is 0. The van der Waals surface area contributed by atoms with E-state index in [2.05, 4.69) is 15.0 Å². The van der Waals surface area contributed by atoms with Gasteiger partial charge in [-0.25, -0.2) is 4.98 Å². The highest BCUT2D eigenvalue weighted by Gasteiger charge is 2.05. The number of thiocarbonyl (C=S) groups is 1. The summed E-state index contributed by atoms with van der Waals surface area (Å²) in [5.41, 5.74) is 7.80. The van der Waals surface area contributed by atoms with Gasteiger partial charge < -0.3 is 10.5 Å². The van der Waals surface area contributed by atoms with Crippen LogP contribution in [0.1, 0.15) is 17.1 Å². The Morgan fingerprint density at radius 1 is 1.37 bits per heavy atom. The summed E-state index contributed by atoms with van der Waals surface area (Å²) in [6, 6.07) is 7.78. The first-order valence-corrected chi connectivity index (χ1v) is 6.24. The van der Waals surface area contributed by atoms with Gasteiger partial charge in [-0.1, -0.05) is 18.3 Å². The predicted molar refractivity (Wildman–Crippen MR) is 76.1 cm³/mol. The summed E-state index contributed by atoms with van der Waals surface area (Å²) in [5, 5.41) is 0. The molecule has 5 nitrogen and oxygen atoms in total. The van der Waals surface area contributed by atoms with Crippen LogP contribution in [0.3, 0.4) is 0 Å². The van der Waals surface area contributed by atoms with Gasteiger partial charge in [-0.05, 0) is 25.1 Å². The average Bonchev–Trinajstić information content (AvgIpc) is 2.39. The molecular weight excluding hydrogens is 260 g/mol. The maximum atomic E-state index is 5.55. The lowest BCUT2D eigenvalue weighted by Gasteiger charge is -2.06. The lowest BCUT2D eigenvalue weighted by atomic mass is 10.3. The first-order valence-electron chi connectivity index (χ1n) is 5.83. The third kappa shape index (κ3) is 3.96. The van der Waals surface area contributed by atoms with Gasteiger partial charge in [-0.2, -0.15) is 4.98 Å². The molecule has 0 aliphatic rings. The minimum atomic E-state index is 0.236. The molecule has 0 aromatic carbocycles. The molecule has 19 heavy (non-hydrogen) atoms. The number of hydrogen-bond acceptors (Lipinski definition) is 5. The molecular formula is C13H14N4OS. The maximum absolute atomic E-state index is 5.55. The van der Waals surface area contributed by atoms with E-state index in [-0.39, 0.29) is 4.99 Å². The van der Waals surface area contributed by atoms with E-state index >= 15 is 0 Å². The molecule has 0 saturated heterocycles. The standard InChI is InChI=1S/C13H14N4OS/c1-9-8-11(12(14)19)17-13(16-9)18-7-5-10-4-2-3-6-15-10/h2-4,6,8H,5,7H2,1H3,(H2,14,19). The second-order valence-corrected chi connectivity index (χ2v) is 4.40. The van der Waals surface area contributed by atoms with Crippen molar-refractivity contribution >= 4 is 17.2 Å². The summed E-state index contributed by atoms with van der Waals surface area (Å²) in [7, 11) is 0. The Balaban J connectivity index is 1.98. The van der Waals surface area contributed by atoms with Crippen molar-refractivity contribution in [3.05, 3.63) is 47.5 Å². The third-order valence-electron chi connectivity index (χ3n) is 2.40. The molecule has 0 aliphatic carbocycles. The highest BCUT2D eigenvalue weighted by atomic mass is 32.1. The van der Waals surface area contributed by atoms with E-state index in [1.807, 2.05) is 25.1 Å². The first kappa shape index (κ1) is 13.4. The molecule has 2 heterocycles. The maximum Gasteiger partial charge on any atom is 0.317 e. The molecule has 0 saturated carbocycles. The van der Waals surface area contributed by atoms with Gasteiger partial charge in [0.25, 0.3) is 0 Å². The van der Waals surface area contributed by atoms with Crippen molar-refractivity contribution in [3.8, 4) is 6.01 Å². The highest BCUT2D eigenvalue weighted by molar-refractivity contribution is 7.80. The summed E-state index contributed by atoms with van der Waals surface area (Å²) in [6.07, 6.45) is 2.45. The Labute approximate surface area is 116 Å². The predicted octanol–water partition coefficient (Wildman–Crippen LogP) is 1.44. The summed E-state index contributed by atoms with van der Waals surface area (Å²) < 4.78 is 5.50. The van der Waals surface area contributed by atoms with Crippen LogP contribution < -0.4 is 10.5 Å². The summed E-state index contributed by atoms with van der Waals surface area (Å²) in [6.45, 7) is 2.30. The molecule has 2 N–H and O–H groups in total. The van der Waals surface area contributed by atoms with Gasteiger partial charge in [0.15, 0.2) is 0 Å². The molecule has 0 aliphatic heterocycles. The summed E-state index contributed by atoms with van der Waals surface area (Å²) >= 11 is 4.89. The number of nitrogens with zero attached hydrogens (tertiary/aromatic N) is 3. The fourth-order valence-corrected chi connectivity index (χ4v) is 1.63. The van der Waals surface area contributed by atoms with E-state index < -0.39 is 0 Å². The zero-order valence-corrected chi connectivity index (χ0v) is 11.4. The van der Waals surface area contributed by atoms with E-state index in [1.54, 1.807) is 12.3 Å². The molecule has 0 fully saturated rings. The highest BCUT2D eigenvalue weighted by Crippen LogP contribution is 2.07. The Morgan fingerprint density at radius 2 is 2.21 bits per heavy atom. The molecule has 0 spiro atoms. The van der Waals surface area contributed by atoms with Crippen LogP contribution in [0.25, 0.3) is 0 Å². The van der Waals surface area contributed by atoms with Gasteiger partial charge in [0, 0.05) is 24.0 Å². The van der Waals surface area contributed by atoms with Crippen LogP contribution >= 0.6 is 12.2 Å². The van der Waals surface area contributed by atoms with Crippen LogP contribution in [0.2, 0.25) is 0 Å². The number of ether oxygens (including phenoxy) is 1. The quantitative estimate of drug-likeness (QED) is 0.832. The molecule has 2 rings (SSSR count). The van der Waals surface area contributed by atoms with Gasteiger partial charge in [-0.3, -0.25) is 4.98 Å². The Hall–Kier alpha value is -2.08. The van der Waals surface area contributed by atoms with Gasteiger partial charge in [0.05, 0.1) is 6.61 Å². The zero-order valence-electron chi connectivity index (χ0n) is 10.5. The van der Waals surface area contributed by atoms with Crippen molar-refractivity contribution in [2.75, 3.05) is 6.61 Å². The van der Waals surface area contributed by atoms with Crippen LogP contribution in [0.4, 0.5) is 0 Å². The van der Waals surface area contributed by atoms with Crippen LogP contribution in [-0.2, 0) is 6.42 Å². The fourth-order valence-electron chi connectivity index (χ4n) is 1.52. The minimum absolute atomic E-state index is 0.236. The normalized spacial score (nSPS) is 10.2. The van der Waals surface area contributed by atoms with Crippen molar-refractivity contribution < 1.29 is 4.74 Å². The number of aryl methyl sites for hydroxylation is 1. The smallest absolute Gasteiger partial charge is 0.317 e.